The van der Waals surface area contributed by atoms with Crippen LogP contribution < -0.4 is 0 Å². The minimum atomic E-state index is 0.388. The van der Waals surface area contributed by atoms with Crippen LogP contribution in [0, 0.1) is 6.92 Å². The fraction of sp³-hybridized carbons (Fsp3) is 0.417. The normalized spacial score (nSPS) is 13.3. The van der Waals surface area contributed by atoms with Gasteiger partial charge in [0.25, 0.3) is 0 Å². The number of pyridine rings is 1. The van der Waals surface area contributed by atoms with Gasteiger partial charge < -0.3 is 9.72 Å². The van der Waals surface area contributed by atoms with Crippen molar-refractivity contribution in [2.24, 2.45) is 0 Å². The zero-order chi connectivity index (χ0) is 10.8. The van der Waals surface area contributed by atoms with E-state index >= 15 is 0 Å². The third kappa shape index (κ3) is 1.75. The fourth-order valence-corrected chi connectivity index (χ4v) is 1.93. The van der Waals surface area contributed by atoms with E-state index in [0.29, 0.717) is 5.92 Å². The maximum atomic E-state index is 5.18. The number of rotatable bonds is 3. The van der Waals surface area contributed by atoms with Crippen LogP contribution in [0.15, 0.2) is 18.5 Å². The third-order valence-corrected chi connectivity index (χ3v) is 2.74. The molecule has 2 heterocycles. The van der Waals surface area contributed by atoms with Gasteiger partial charge in [-0.25, -0.2) is 0 Å². The van der Waals surface area contributed by atoms with Crippen molar-refractivity contribution < 1.29 is 4.74 Å². The van der Waals surface area contributed by atoms with Crippen molar-refractivity contribution in [2.45, 2.75) is 19.8 Å². The molecular weight excluding hydrogens is 188 g/mol. The van der Waals surface area contributed by atoms with E-state index in [4.69, 9.17) is 4.74 Å². The molecule has 0 aliphatic rings. The highest BCUT2D eigenvalue weighted by molar-refractivity contribution is 5.82. The van der Waals surface area contributed by atoms with Gasteiger partial charge in [0.1, 0.15) is 0 Å². The smallest absolute Gasteiger partial charge is 0.0910 e. The average Bonchev–Trinajstić information content (AvgIpc) is 2.61. The van der Waals surface area contributed by atoms with Crippen molar-refractivity contribution in [1.29, 1.82) is 0 Å². The molecule has 0 aliphatic heterocycles. The highest BCUT2D eigenvalue weighted by atomic mass is 16.5. The first-order valence-electron chi connectivity index (χ1n) is 5.15. The summed E-state index contributed by atoms with van der Waals surface area (Å²) in [5, 5.41) is 0. The Bertz CT molecular complexity index is 462. The van der Waals surface area contributed by atoms with Gasteiger partial charge in [-0.3, -0.25) is 4.98 Å². The van der Waals surface area contributed by atoms with Gasteiger partial charge in [0, 0.05) is 25.4 Å². The molecular formula is C12H16N2O. The largest absolute Gasteiger partial charge is 0.384 e. The zero-order valence-electron chi connectivity index (χ0n) is 9.37. The lowest BCUT2D eigenvalue weighted by molar-refractivity contribution is 0.184. The molecule has 0 bridgehead atoms. The lowest BCUT2D eigenvalue weighted by Gasteiger charge is -2.11. The predicted octanol–water partition coefficient (Wildman–Crippen LogP) is 2.62. The third-order valence-electron chi connectivity index (χ3n) is 2.74. The molecule has 80 valence electrons. The van der Waals surface area contributed by atoms with E-state index in [1.807, 2.05) is 12.4 Å². The molecule has 0 saturated carbocycles. The van der Waals surface area contributed by atoms with Crippen molar-refractivity contribution in [3.05, 3.63) is 29.6 Å². The predicted molar refractivity (Wildman–Crippen MR) is 61.1 cm³/mol. The maximum absolute atomic E-state index is 5.18. The van der Waals surface area contributed by atoms with Crippen LogP contribution in [0.3, 0.4) is 0 Å². The Labute approximate surface area is 89.5 Å². The number of H-pyrrole nitrogens is 1. The molecule has 0 unspecified atom stereocenters. The van der Waals surface area contributed by atoms with Gasteiger partial charge in [0.15, 0.2) is 0 Å². The number of nitrogens with one attached hydrogen (secondary N) is 1. The quantitative estimate of drug-likeness (QED) is 0.834. The van der Waals surface area contributed by atoms with Gasteiger partial charge in [0.05, 0.1) is 17.6 Å². The van der Waals surface area contributed by atoms with E-state index in [-0.39, 0.29) is 0 Å². The Balaban J connectivity index is 2.51. The van der Waals surface area contributed by atoms with Crippen LogP contribution in [0.5, 0.6) is 0 Å². The van der Waals surface area contributed by atoms with Crippen LogP contribution in [-0.2, 0) is 4.74 Å². The lowest BCUT2D eigenvalue weighted by Crippen LogP contribution is -2.02. The summed E-state index contributed by atoms with van der Waals surface area (Å²) in [6.45, 7) is 4.96. The number of aromatic nitrogens is 2. The lowest BCUT2D eigenvalue weighted by atomic mass is 10.0. The molecule has 0 radical (unpaired) electrons. The number of aromatic amines is 1. The fourth-order valence-electron chi connectivity index (χ4n) is 1.93. The first kappa shape index (κ1) is 10.2. The van der Waals surface area contributed by atoms with Gasteiger partial charge >= 0.3 is 0 Å². The first-order chi connectivity index (χ1) is 7.24. The number of hydrogen-bond donors (Lipinski definition) is 1. The number of aryl methyl sites for hydroxylation is 1. The second-order valence-electron chi connectivity index (χ2n) is 3.95. The van der Waals surface area contributed by atoms with Crippen LogP contribution in [0.2, 0.25) is 0 Å². The summed E-state index contributed by atoms with van der Waals surface area (Å²) in [5.41, 5.74) is 4.67. The average molecular weight is 204 g/mol. The maximum Gasteiger partial charge on any atom is 0.0910 e. The second-order valence-corrected chi connectivity index (χ2v) is 3.95. The van der Waals surface area contributed by atoms with Gasteiger partial charge in [-0.2, -0.15) is 0 Å². The minimum absolute atomic E-state index is 0.388. The summed E-state index contributed by atoms with van der Waals surface area (Å²) < 4.78 is 5.18. The molecule has 0 fully saturated rings. The number of fused-ring (bicyclic) bond motifs is 1. The molecule has 1 N–H and O–H groups in total. The molecule has 1 atom stereocenters. The Hall–Kier alpha value is -1.35. The minimum Gasteiger partial charge on any atom is -0.384 e. The van der Waals surface area contributed by atoms with E-state index in [0.717, 1.165) is 17.6 Å². The van der Waals surface area contributed by atoms with E-state index in [9.17, 15) is 0 Å². The Kier molecular flexibility index (Phi) is 2.73. The topological polar surface area (TPSA) is 37.9 Å². The van der Waals surface area contributed by atoms with E-state index in [1.54, 1.807) is 7.11 Å². The van der Waals surface area contributed by atoms with Gasteiger partial charge in [0.2, 0.25) is 0 Å². The summed E-state index contributed by atoms with van der Waals surface area (Å²) in [6, 6.07) is 2.06. The molecule has 15 heavy (non-hydrogen) atoms. The van der Waals surface area contributed by atoms with Crippen molar-refractivity contribution in [1.82, 2.24) is 9.97 Å². The van der Waals surface area contributed by atoms with Gasteiger partial charge in [-0.05, 0) is 24.1 Å². The molecule has 3 nitrogen and oxygen atoms in total. The van der Waals surface area contributed by atoms with Crippen LogP contribution in [0.4, 0.5) is 0 Å². The molecule has 2 aromatic heterocycles. The highest BCUT2D eigenvalue weighted by Gasteiger charge is 2.11. The van der Waals surface area contributed by atoms with Crippen LogP contribution in [0.1, 0.15) is 24.0 Å². The Morgan fingerprint density at radius 1 is 1.53 bits per heavy atom. The van der Waals surface area contributed by atoms with Crippen LogP contribution in [-0.4, -0.2) is 23.7 Å². The monoisotopic (exact) mass is 204 g/mol. The summed E-state index contributed by atoms with van der Waals surface area (Å²) in [5.74, 6) is 0.388. The van der Waals surface area contributed by atoms with Crippen molar-refractivity contribution in [3.8, 4) is 0 Å². The summed E-state index contributed by atoms with van der Waals surface area (Å²) in [7, 11) is 1.73. The molecule has 3 heteroatoms. The van der Waals surface area contributed by atoms with E-state index in [2.05, 4.69) is 29.9 Å². The highest BCUT2D eigenvalue weighted by Crippen LogP contribution is 2.24. The molecule has 2 aromatic rings. The van der Waals surface area contributed by atoms with Crippen LogP contribution in [0.25, 0.3) is 11.0 Å². The molecule has 0 spiro atoms. The Morgan fingerprint density at radius 2 is 2.33 bits per heavy atom. The number of ether oxygens (including phenoxy) is 1. The second kappa shape index (κ2) is 4.03. The SMILES string of the molecule is COC[C@@H](C)c1ccnc2c(C)c[nH]c12. The zero-order valence-corrected chi connectivity index (χ0v) is 9.37. The molecule has 0 amide bonds. The molecule has 2 rings (SSSR count). The number of hydrogen-bond acceptors (Lipinski definition) is 2. The van der Waals surface area contributed by atoms with E-state index in [1.165, 1.54) is 11.1 Å². The van der Waals surface area contributed by atoms with Gasteiger partial charge in [-0.1, -0.05) is 6.92 Å². The standard InChI is InChI=1S/C12H16N2O/c1-8-6-14-12-10(9(2)7-15-3)4-5-13-11(8)12/h4-6,9,14H,7H2,1-3H3/t9-/m1/s1. The molecule has 0 saturated heterocycles. The van der Waals surface area contributed by atoms with Crippen molar-refractivity contribution >= 4 is 11.0 Å². The Morgan fingerprint density at radius 3 is 3.07 bits per heavy atom. The summed E-state index contributed by atoms with van der Waals surface area (Å²) in [4.78, 5) is 7.65. The summed E-state index contributed by atoms with van der Waals surface area (Å²) in [6.07, 6.45) is 3.87. The number of methoxy groups -OCH3 is 1. The molecule has 0 aliphatic carbocycles. The number of nitrogens with zero attached hydrogens (tertiary/aromatic N) is 1. The van der Waals surface area contributed by atoms with Crippen molar-refractivity contribution in [3.63, 3.8) is 0 Å². The van der Waals surface area contributed by atoms with E-state index < -0.39 is 0 Å². The van der Waals surface area contributed by atoms with Gasteiger partial charge in [-0.15, -0.1) is 0 Å². The summed E-state index contributed by atoms with van der Waals surface area (Å²) >= 11 is 0. The van der Waals surface area contributed by atoms with Crippen LogP contribution >= 0.6 is 0 Å². The molecule has 0 aromatic carbocycles. The van der Waals surface area contributed by atoms with Crippen molar-refractivity contribution in [2.75, 3.05) is 13.7 Å². The first-order valence-corrected chi connectivity index (χ1v) is 5.15.